The van der Waals surface area contributed by atoms with Crippen molar-refractivity contribution in [3.63, 3.8) is 0 Å². The van der Waals surface area contributed by atoms with Gasteiger partial charge in [-0.15, -0.1) is 0 Å². The van der Waals surface area contributed by atoms with Crippen LogP contribution < -0.4 is 10.1 Å². The van der Waals surface area contributed by atoms with Crippen molar-refractivity contribution < 1.29 is 4.74 Å². The van der Waals surface area contributed by atoms with E-state index in [1.54, 1.807) is 6.20 Å². The summed E-state index contributed by atoms with van der Waals surface area (Å²) in [6.07, 6.45) is 1.79. The summed E-state index contributed by atoms with van der Waals surface area (Å²) < 4.78 is 14.0. The highest BCUT2D eigenvalue weighted by Crippen LogP contribution is 2.28. The summed E-state index contributed by atoms with van der Waals surface area (Å²) in [5.41, 5.74) is 2.01. The van der Waals surface area contributed by atoms with Gasteiger partial charge < -0.3 is 10.1 Å². The Labute approximate surface area is 105 Å². The van der Waals surface area contributed by atoms with Gasteiger partial charge in [0.2, 0.25) is 0 Å². The van der Waals surface area contributed by atoms with Crippen LogP contribution in [0.4, 0.5) is 0 Å². The monoisotopic (exact) mass is 249 g/mol. The number of nitrogens with zero attached hydrogens (tertiary/aromatic N) is 2. The molecule has 1 N–H and O–H groups in total. The van der Waals surface area contributed by atoms with Crippen LogP contribution in [0.25, 0.3) is 0 Å². The second-order valence-electron chi connectivity index (χ2n) is 3.52. The Hall–Kier alpha value is -1.46. The van der Waals surface area contributed by atoms with Gasteiger partial charge in [-0.1, -0.05) is 18.2 Å². The number of hydrogen-bond acceptors (Lipinski definition) is 5. The van der Waals surface area contributed by atoms with E-state index in [-0.39, 0.29) is 6.04 Å². The van der Waals surface area contributed by atoms with Crippen molar-refractivity contribution in [3.8, 4) is 5.75 Å². The Morgan fingerprint density at radius 2 is 2.24 bits per heavy atom. The van der Waals surface area contributed by atoms with Gasteiger partial charge in [0.1, 0.15) is 5.75 Å². The summed E-state index contributed by atoms with van der Waals surface area (Å²) >= 11 is 1.22. The second-order valence-corrected chi connectivity index (χ2v) is 4.08. The van der Waals surface area contributed by atoms with Gasteiger partial charge in [0, 0.05) is 5.56 Å². The minimum Gasteiger partial charge on any atom is -0.494 e. The first-order valence-corrected chi connectivity index (χ1v) is 6.26. The third kappa shape index (κ3) is 2.62. The summed E-state index contributed by atoms with van der Waals surface area (Å²) in [5, 5.41) is 3.24. The number of benzene rings is 1. The summed E-state index contributed by atoms with van der Waals surface area (Å²) in [6.45, 7) is 2.64. The van der Waals surface area contributed by atoms with Gasteiger partial charge in [-0.2, -0.15) is 8.75 Å². The van der Waals surface area contributed by atoms with E-state index in [9.17, 15) is 0 Å². The van der Waals surface area contributed by atoms with Gasteiger partial charge in [0.25, 0.3) is 0 Å². The molecule has 1 aromatic heterocycles. The molecule has 2 rings (SSSR count). The van der Waals surface area contributed by atoms with E-state index in [2.05, 4.69) is 14.1 Å². The van der Waals surface area contributed by atoms with Crippen LogP contribution in [-0.2, 0) is 0 Å². The molecule has 4 nitrogen and oxygen atoms in total. The molecule has 1 heterocycles. The molecule has 0 aliphatic heterocycles. The smallest absolute Gasteiger partial charge is 0.124 e. The van der Waals surface area contributed by atoms with E-state index < -0.39 is 0 Å². The molecule has 5 heteroatoms. The average molecular weight is 249 g/mol. The fourth-order valence-corrected chi connectivity index (χ4v) is 2.22. The Morgan fingerprint density at radius 3 is 2.88 bits per heavy atom. The molecule has 1 aromatic carbocycles. The highest BCUT2D eigenvalue weighted by atomic mass is 32.1. The molecule has 0 aliphatic rings. The van der Waals surface area contributed by atoms with E-state index in [0.29, 0.717) is 6.61 Å². The van der Waals surface area contributed by atoms with Crippen LogP contribution in [0, 0.1) is 0 Å². The standard InChI is InChI=1S/C12H15N3OS/c1-3-16-11-7-5-4-6-9(11)12(13-2)10-8-14-17-15-10/h4-8,12-13H,3H2,1-2H3. The van der Waals surface area contributed by atoms with Crippen molar-refractivity contribution in [2.75, 3.05) is 13.7 Å². The molecule has 0 amide bonds. The van der Waals surface area contributed by atoms with E-state index in [0.717, 1.165) is 17.0 Å². The molecule has 90 valence electrons. The van der Waals surface area contributed by atoms with Crippen molar-refractivity contribution in [2.45, 2.75) is 13.0 Å². The van der Waals surface area contributed by atoms with Crippen molar-refractivity contribution in [1.82, 2.24) is 14.1 Å². The molecule has 1 atom stereocenters. The number of ether oxygens (including phenoxy) is 1. The molecular formula is C12H15N3OS. The Kier molecular flexibility index (Phi) is 4.06. The maximum Gasteiger partial charge on any atom is 0.124 e. The maximum atomic E-state index is 5.63. The summed E-state index contributed by atoms with van der Waals surface area (Å²) in [7, 11) is 1.91. The third-order valence-electron chi connectivity index (χ3n) is 2.49. The quantitative estimate of drug-likeness (QED) is 0.883. The third-order valence-corrected chi connectivity index (χ3v) is 2.98. The molecule has 2 aromatic rings. The molecule has 0 bridgehead atoms. The zero-order chi connectivity index (χ0) is 12.1. The van der Waals surface area contributed by atoms with Crippen LogP contribution in [-0.4, -0.2) is 22.4 Å². The van der Waals surface area contributed by atoms with Crippen LogP contribution in [0.1, 0.15) is 24.2 Å². The lowest BCUT2D eigenvalue weighted by Gasteiger charge is -2.17. The fourth-order valence-electron chi connectivity index (χ4n) is 1.77. The Balaban J connectivity index is 2.37. The average Bonchev–Trinajstić information content (AvgIpc) is 2.86. The lowest BCUT2D eigenvalue weighted by atomic mass is 10.0. The van der Waals surface area contributed by atoms with E-state index in [1.807, 2.05) is 38.2 Å². The first-order valence-electron chi connectivity index (χ1n) is 5.53. The van der Waals surface area contributed by atoms with Crippen molar-refractivity contribution >= 4 is 11.7 Å². The first kappa shape index (κ1) is 12.0. The largest absolute Gasteiger partial charge is 0.494 e. The van der Waals surface area contributed by atoms with Gasteiger partial charge in [-0.3, -0.25) is 0 Å². The minimum atomic E-state index is 0.0245. The van der Waals surface area contributed by atoms with Gasteiger partial charge in [0.15, 0.2) is 0 Å². The van der Waals surface area contributed by atoms with Gasteiger partial charge in [-0.05, 0) is 20.0 Å². The second kappa shape index (κ2) is 5.75. The van der Waals surface area contributed by atoms with Gasteiger partial charge >= 0.3 is 0 Å². The number of rotatable bonds is 5. The van der Waals surface area contributed by atoms with E-state index >= 15 is 0 Å². The van der Waals surface area contributed by atoms with Crippen LogP contribution in [0.2, 0.25) is 0 Å². The normalized spacial score (nSPS) is 12.4. The Morgan fingerprint density at radius 1 is 1.41 bits per heavy atom. The predicted octanol–water partition coefficient (Wildman–Crippen LogP) is 2.25. The maximum absolute atomic E-state index is 5.63. The van der Waals surface area contributed by atoms with Crippen LogP contribution >= 0.6 is 11.7 Å². The number of nitrogens with one attached hydrogen (secondary N) is 1. The predicted molar refractivity (Wildman–Crippen MR) is 68.4 cm³/mol. The molecule has 0 aliphatic carbocycles. The molecule has 1 unspecified atom stereocenters. The topological polar surface area (TPSA) is 47.0 Å². The number of para-hydroxylation sites is 1. The first-order chi connectivity index (χ1) is 8.36. The molecule has 0 fully saturated rings. The molecule has 0 saturated heterocycles. The van der Waals surface area contributed by atoms with Crippen molar-refractivity contribution in [2.24, 2.45) is 0 Å². The van der Waals surface area contributed by atoms with Crippen LogP contribution in [0.3, 0.4) is 0 Å². The van der Waals surface area contributed by atoms with Crippen molar-refractivity contribution in [3.05, 3.63) is 41.7 Å². The minimum absolute atomic E-state index is 0.0245. The summed E-state index contributed by atoms with van der Waals surface area (Å²) in [5.74, 6) is 0.891. The molecular weight excluding hydrogens is 234 g/mol. The molecule has 0 radical (unpaired) electrons. The number of hydrogen-bond donors (Lipinski definition) is 1. The van der Waals surface area contributed by atoms with Gasteiger partial charge in [0.05, 0.1) is 36.3 Å². The van der Waals surface area contributed by atoms with Crippen LogP contribution in [0.5, 0.6) is 5.75 Å². The molecule has 0 spiro atoms. The molecule has 17 heavy (non-hydrogen) atoms. The highest BCUT2D eigenvalue weighted by molar-refractivity contribution is 6.99. The fraction of sp³-hybridized carbons (Fsp3) is 0.333. The molecule has 0 saturated carbocycles. The summed E-state index contributed by atoms with van der Waals surface area (Å²) in [6, 6.07) is 8.02. The zero-order valence-electron chi connectivity index (χ0n) is 9.88. The van der Waals surface area contributed by atoms with E-state index in [4.69, 9.17) is 4.74 Å². The lowest BCUT2D eigenvalue weighted by Crippen LogP contribution is -2.18. The Bertz CT molecular complexity index is 459. The van der Waals surface area contributed by atoms with Gasteiger partial charge in [-0.25, -0.2) is 0 Å². The number of aromatic nitrogens is 2. The lowest BCUT2D eigenvalue weighted by molar-refractivity contribution is 0.334. The van der Waals surface area contributed by atoms with Crippen LogP contribution in [0.15, 0.2) is 30.5 Å². The SMILES string of the molecule is CCOc1ccccc1C(NC)c1cnsn1. The summed E-state index contributed by atoms with van der Waals surface area (Å²) in [4.78, 5) is 0. The zero-order valence-corrected chi connectivity index (χ0v) is 10.7. The van der Waals surface area contributed by atoms with Crippen molar-refractivity contribution in [1.29, 1.82) is 0 Å². The highest BCUT2D eigenvalue weighted by Gasteiger charge is 2.18. The van der Waals surface area contributed by atoms with E-state index in [1.165, 1.54) is 11.7 Å².